The van der Waals surface area contributed by atoms with Crippen molar-refractivity contribution in [1.29, 1.82) is 0 Å². The van der Waals surface area contributed by atoms with Gasteiger partial charge < -0.3 is 14.6 Å². The van der Waals surface area contributed by atoms with Gasteiger partial charge in [-0.2, -0.15) is 0 Å². The summed E-state index contributed by atoms with van der Waals surface area (Å²) in [6.07, 6.45) is 2.98. The van der Waals surface area contributed by atoms with Crippen LogP contribution in [0.3, 0.4) is 0 Å². The number of nitrogens with one attached hydrogen (secondary N) is 1. The highest BCUT2D eigenvalue weighted by atomic mass is 16.3. The fourth-order valence-electron chi connectivity index (χ4n) is 2.29. The largest absolute Gasteiger partial charge is 0.468 e. The van der Waals surface area contributed by atoms with Crippen LogP contribution >= 0.6 is 0 Å². The molecule has 4 nitrogen and oxygen atoms in total. The summed E-state index contributed by atoms with van der Waals surface area (Å²) in [5.74, 6) is 1.10. The van der Waals surface area contributed by atoms with Crippen LogP contribution in [0.4, 0.5) is 0 Å². The van der Waals surface area contributed by atoms with Crippen molar-refractivity contribution < 1.29 is 4.42 Å². The fraction of sp³-hybridized carbons (Fsp3) is 0.714. The van der Waals surface area contributed by atoms with E-state index in [9.17, 15) is 0 Å². The van der Waals surface area contributed by atoms with Crippen LogP contribution in [0.2, 0.25) is 0 Å². The lowest BCUT2D eigenvalue weighted by atomic mass is 10.2. The van der Waals surface area contributed by atoms with Gasteiger partial charge in [0.05, 0.1) is 12.8 Å². The van der Waals surface area contributed by atoms with E-state index in [0.717, 1.165) is 44.9 Å². The van der Waals surface area contributed by atoms with E-state index in [0.29, 0.717) is 0 Å². The smallest absolute Gasteiger partial charge is 0.122 e. The van der Waals surface area contributed by atoms with Gasteiger partial charge in [0.1, 0.15) is 5.76 Å². The van der Waals surface area contributed by atoms with Crippen molar-refractivity contribution in [3.05, 3.63) is 23.7 Å². The van der Waals surface area contributed by atoms with Crippen molar-refractivity contribution in [3.63, 3.8) is 0 Å². The third kappa shape index (κ3) is 3.83. The van der Waals surface area contributed by atoms with E-state index in [2.05, 4.69) is 35.2 Å². The van der Waals surface area contributed by atoms with Gasteiger partial charge in [-0.25, -0.2) is 0 Å². The second-order valence-electron chi connectivity index (χ2n) is 5.13. The summed E-state index contributed by atoms with van der Waals surface area (Å²) in [6, 6.07) is 2.11. The highest BCUT2D eigenvalue weighted by Crippen LogP contribution is 2.14. The van der Waals surface area contributed by atoms with Crippen molar-refractivity contribution in [3.8, 4) is 0 Å². The average Bonchev–Trinajstić information content (AvgIpc) is 2.80. The Balaban J connectivity index is 1.83. The molecule has 1 aromatic heterocycles. The predicted molar refractivity (Wildman–Crippen MR) is 73.5 cm³/mol. The van der Waals surface area contributed by atoms with Crippen molar-refractivity contribution >= 4 is 0 Å². The van der Waals surface area contributed by atoms with Gasteiger partial charge in [-0.05, 0) is 26.1 Å². The van der Waals surface area contributed by atoms with Crippen LogP contribution in [0, 0.1) is 0 Å². The van der Waals surface area contributed by atoms with E-state index in [1.165, 1.54) is 18.7 Å². The minimum Gasteiger partial charge on any atom is -0.468 e. The van der Waals surface area contributed by atoms with Crippen molar-refractivity contribution in [2.24, 2.45) is 0 Å². The van der Waals surface area contributed by atoms with Gasteiger partial charge >= 0.3 is 0 Å². The lowest BCUT2D eigenvalue weighted by Gasteiger charge is -2.32. The molecular formula is C14H25N3O. The quantitative estimate of drug-likeness (QED) is 0.777. The van der Waals surface area contributed by atoms with Crippen molar-refractivity contribution in [2.75, 3.05) is 39.8 Å². The Kier molecular flexibility index (Phi) is 5.23. The molecule has 0 aromatic carbocycles. The van der Waals surface area contributed by atoms with Crippen LogP contribution in [0.5, 0.6) is 0 Å². The maximum Gasteiger partial charge on any atom is 0.122 e. The Morgan fingerprint density at radius 1 is 1.28 bits per heavy atom. The molecule has 1 aromatic rings. The van der Waals surface area contributed by atoms with Crippen LogP contribution in [0.25, 0.3) is 0 Å². The number of hydrogen-bond donors (Lipinski definition) is 1. The first-order chi connectivity index (χ1) is 8.79. The number of furan rings is 1. The van der Waals surface area contributed by atoms with Crippen LogP contribution in [0.15, 0.2) is 16.7 Å². The van der Waals surface area contributed by atoms with Gasteiger partial charge in [0, 0.05) is 38.3 Å². The van der Waals surface area contributed by atoms with Crippen LogP contribution in [0.1, 0.15) is 24.7 Å². The number of rotatable bonds is 6. The van der Waals surface area contributed by atoms with Gasteiger partial charge in [0.15, 0.2) is 0 Å². The van der Waals surface area contributed by atoms with E-state index < -0.39 is 0 Å². The van der Waals surface area contributed by atoms with Crippen LogP contribution < -0.4 is 5.32 Å². The SMILES string of the molecule is CCCNCc1occc1CN1CCN(C)CC1. The molecule has 2 heterocycles. The minimum atomic E-state index is 0.851. The number of likely N-dealkylation sites (N-methyl/N-ethyl adjacent to an activating group) is 1. The number of nitrogens with zero attached hydrogens (tertiary/aromatic N) is 2. The molecule has 0 radical (unpaired) electrons. The second-order valence-corrected chi connectivity index (χ2v) is 5.13. The molecule has 1 fully saturated rings. The lowest BCUT2D eigenvalue weighted by Crippen LogP contribution is -2.43. The summed E-state index contributed by atoms with van der Waals surface area (Å²) < 4.78 is 5.57. The third-order valence-corrected chi connectivity index (χ3v) is 3.54. The molecule has 0 unspecified atom stereocenters. The molecule has 1 saturated heterocycles. The molecule has 0 amide bonds. The molecule has 102 valence electrons. The minimum absolute atomic E-state index is 0.851. The van der Waals surface area contributed by atoms with E-state index in [4.69, 9.17) is 4.42 Å². The Morgan fingerprint density at radius 3 is 2.78 bits per heavy atom. The van der Waals surface area contributed by atoms with E-state index >= 15 is 0 Å². The summed E-state index contributed by atoms with van der Waals surface area (Å²) in [4.78, 5) is 4.89. The number of piperazine rings is 1. The molecule has 18 heavy (non-hydrogen) atoms. The molecule has 0 bridgehead atoms. The third-order valence-electron chi connectivity index (χ3n) is 3.54. The Morgan fingerprint density at radius 2 is 2.06 bits per heavy atom. The zero-order valence-electron chi connectivity index (χ0n) is 11.6. The molecule has 0 aliphatic carbocycles. The van der Waals surface area contributed by atoms with Crippen molar-refractivity contribution in [2.45, 2.75) is 26.4 Å². The predicted octanol–water partition coefficient (Wildman–Crippen LogP) is 1.53. The summed E-state index contributed by atoms with van der Waals surface area (Å²) in [5.41, 5.74) is 1.34. The van der Waals surface area contributed by atoms with Crippen molar-refractivity contribution in [1.82, 2.24) is 15.1 Å². The summed E-state index contributed by atoms with van der Waals surface area (Å²) in [7, 11) is 2.19. The lowest BCUT2D eigenvalue weighted by molar-refractivity contribution is 0.147. The normalized spacial score (nSPS) is 18.3. The van der Waals surface area contributed by atoms with Gasteiger partial charge in [0.25, 0.3) is 0 Å². The molecule has 0 atom stereocenters. The molecule has 1 aliphatic rings. The van der Waals surface area contributed by atoms with E-state index in [-0.39, 0.29) is 0 Å². The first-order valence-electron chi connectivity index (χ1n) is 6.96. The standard InChI is InChI=1S/C14H25N3O/c1-3-5-15-11-14-13(4-10-18-14)12-17-8-6-16(2)7-9-17/h4,10,15H,3,5-9,11-12H2,1-2H3. The monoisotopic (exact) mass is 251 g/mol. The topological polar surface area (TPSA) is 31.7 Å². The maximum atomic E-state index is 5.57. The summed E-state index contributed by atoms with van der Waals surface area (Å²) >= 11 is 0. The fourth-order valence-corrected chi connectivity index (χ4v) is 2.29. The molecule has 0 spiro atoms. The van der Waals surface area contributed by atoms with Crippen LogP contribution in [-0.2, 0) is 13.1 Å². The summed E-state index contributed by atoms with van der Waals surface area (Å²) in [5, 5.41) is 3.40. The average molecular weight is 251 g/mol. The zero-order valence-corrected chi connectivity index (χ0v) is 11.6. The molecule has 1 N–H and O–H groups in total. The van der Waals surface area contributed by atoms with Gasteiger partial charge in [-0.15, -0.1) is 0 Å². The van der Waals surface area contributed by atoms with Gasteiger partial charge in [-0.3, -0.25) is 4.90 Å². The molecule has 4 heteroatoms. The molecule has 1 aliphatic heterocycles. The maximum absolute atomic E-state index is 5.57. The van der Waals surface area contributed by atoms with E-state index in [1.54, 1.807) is 0 Å². The Hall–Kier alpha value is -0.840. The molecule has 2 rings (SSSR count). The molecule has 0 saturated carbocycles. The first-order valence-corrected chi connectivity index (χ1v) is 6.96. The highest BCUT2D eigenvalue weighted by molar-refractivity contribution is 5.17. The summed E-state index contributed by atoms with van der Waals surface area (Å²) in [6.45, 7) is 9.75. The van der Waals surface area contributed by atoms with Gasteiger partial charge in [0.2, 0.25) is 0 Å². The Bertz CT molecular complexity index is 343. The highest BCUT2D eigenvalue weighted by Gasteiger charge is 2.16. The molecular weight excluding hydrogens is 226 g/mol. The van der Waals surface area contributed by atoms with Gasteiger partial charge in [-0.1, -0.05) is 6.92 Å². The second kappa shape index (κ2) is 6.92. The van der Waals surface area contributed by atoms with E-state index in [1.807, 2.05) is 6.26 Å². The first kappa shape index (κ1) is 13.6. The number of hydrogen-bond acceptors (Lipinski definition) is 4. The Labute approximate surface area is 110 Å². The van der Waals surface area contributed by atoms with Crippen LogP contribution in [-0.4, -0.2) is 49.6 Å². The zero-order chi connectivity index (χ0) is 12.8.